The molecule has 5 rings (SSSR count). The van der Waals surface area contributed by atoms with Crippen LogP contribution in [0.4, 0.5) is 17.3 Å². The van der Waals surface area contributed by atoms with Crippen LogP contribution >= 0.6 is 0 Å². The molecule has 9 nitrogen and oxygen atoms in total. The Hall–Kier alpha value is -3.46. The first kappa shape index (κ1) is 26.2. The summed E-state index contributed by atoms with van der Waals surface area (Å²) >= 11 is 0. The van der Waals surface area contributed by atoms with Gasteiger partial charge in [-0.15, -0.1) is 0 Å². The molecule has 3 aromatic rings. The van der Waals surface area contributed by atoms with E-state index in [1.807, 2.05) is 24.6 Å². The molecule has 38 heavy (non-hydrogen) atoms. The molecule has 0 spiro atoms. The van der Waals surface area contributed by atoms with Crippen LogP contribution in [0, 0.1) is 13.8 Å². The predicted molar refractivity (Wildman–Crippen MR) is 152 cm³/mol. The highest BCUT2D eigenvalue weighted by Gasteiger charge is 2.26. The van der Waals surface area contributed by atoms with E-state index >= 15 is 0 Å². The lowest BCUT2D eigenvalue weighted by Gasteiger charge is -2.35. The summed E-state index contributed by atoms with van der Waals surface area (Å²) in [5, 5.41) is 7.36. The Labute approximate surface area is 224 Å². The smallest absolute Gasteiger partial charge is 0.252 e. The Kier molecular flexibility index (Phi) is 7.65. The number of anilines is 3. The van der Waals surface area contributed by atoms with Crippen molar-refractivity contribution in [2.24, 2.45) is 0 Å². The van der Waals surface area contributed by atoms with E-state index in [2.05, 4.69) is 57.6 Å². The number of pyridine rings is 1. The van der Waals surface area contributed by atoms with Crippen molar-refractivity contribution in [2.45, 2.75) is 65.0 Å². The van der Waals surface area contributed by atoms with Gasteiger partial charge in [0, 0.05) is 73.7 Å². The molecule has 1 saturated heterocycles. The summed E-state index contributed by atoms with van der Waals surface area (Å²) in [5.74, 6) is 0.563. The lowest BCUT2D eigenvalue weighted by atomic mass is 9.90. The Morgan fingerprint density at radius 3 is 2.45 bits per heavy atom. The minimum atomic E-state index is -0.0342. The number of hydrogen-bond acceptors (Lipinski definition) is 7. The topological polar surface area (TPSA) is 95.4 Å². The van der Waals surface area contributed by atoms with E-state index in [-0.39, 0.29) is 23.6 Å². The predicted octanol–water partition coefficient (Wildman–Crippen LogP) is 3.91. The monoisotopic (exact) mass is 517 g/mol. The maximum atomic E-state index is 13.2. The van der Waals surface area contributed by atoms with Gasteiger partial charge in [0.1, 0.15) is 5.65 Å². The lowest BCUT2D eigenvalue weighted by Crippen LogP contribution is -2.44. The number of aryl methyl sites for hydroxylation is 2. The minimum absolute atomic E-state index is 0.0342. The summed E-state index contributed by atoms with van der Waals surface area (Å²) in [6.45, 7) is 10.1. The molecule has 202 valence electrons. The summed E-state index contributed by atoms with van der Waals surface area (Å²) in [5.41, 5.74) is 4.91. The summed E-state index contributed by atoms with van der Waals surface area (Å²) in [4.78, 5) is 39.2. The highest BCUT2D eigenvalue weighted by molar-refractivity contribution is 5.79. The van der Waals surface area contributed by atoms with E-state index in [0.717, 1.165) is 68.5 Å². The third kappa shape index (κ3) is 5.53. The zero-order valence-corrected chi connectivity index (χ0v) is 23.0. The highest BCUT2D eigenvalue weighted by atomic mass is 16.1. The fourth-order valence-electron chi connectivity index (χ4n) is 5.76. The van der Waals surface area contributed by atoms with E-state index in [1.165, 1.54) is 11.3 Å². The molecule has 1 aromatic carbocycles. The van der Waals surface area contributed by atoms with Crippen molar-refractivity contribution in [2.75, 3.05) is 43.4 Å². The molecule has 3 heterocycles. The summed E-state index contributed by atoms with van der Waals surface area (Å²) < 4.78 is 1.84. The van der Waals surface area contributed by atoms with Gasteiger partial charge in [-0.2, -0.15) is 4.98 Å². The number of carbonyl (C=O) groups is 1. The molecule has 1 saturated carbocycles. The summed E-state index contributed by atoms with van der Waals surface area (Å²) in [7, 11) is 2.17. The zero-order chi connectivity index (χ0) is 26.8. The Balaban J connectivity index is 1.38. The fourth-order valence-corrected chi connectivity index (χ4v) is 5.76. The SMILES string of the molecule is CCC(=O)NC1CCC(n2c(=O)cc(C)c3cnc(Nc4ccc(N5CCN(C)CC5)c(C)c4)nc32)CC1. The van der Waals surface area contributed by atoms with E-state index in [1.54, 1.807) is 6.07 Å². The van der Waals surface area contributed by atoms with Gasteiger partial charge in [-0.25, -0.2) is 4.98 Å². The van der Waals surface area contributed by atoms with E-state index in [0.29, 0.717) is 18.0 Å². The maximum Gasteiger partial charge on any atom is 0.252 e. The van der Waals surface area contributed by atoms with E-state index in [4.69, 9.17) is 4.98 Å². The zero-order valence-electron chi connectivity index (χ0n) is 23.0. The van der Waals surface area contributed by atoms with Gasteiger partial charge in [-0.1, -0.05) is 6.92 Å². The Bertz CT molecular complexity index is 1370. The van der Waals surface area contributed by atoms with Crippen molar-refractivity contribution >= 4 is 34.3 Å². The van der Waals surface area contributed by atoms with Gasteiger partial charge in [0.2, 0.25) is 11.9 Å². The molecule has 0 atom stereocenters. The largest absolute Gasteiger partial charge is 0.369 e. The average Bonchev–Trinajstić information content (AvgIpc) is 2.90. The standard InChI is InChI=1S/C29H39N7O2/c1-5-26(37)31-21-6-9-23(10-7-21)36-27(38)17-19(2)24-18-30-29(33-28(24)36)32-22-8-11-25(20(3)16-22)35-14-12-34(4)13-15-35/h8,11,16-18,21,23H,5-7,9-10,12-15H2,1-4H3,(H,31,37)(H,30,32,33). The molecule has 2 aliphatic rings. The van der Waals surface area contributed by atoms with Crippen LogP contribution in [0.15, 0.2) is 35.3 Å². The van der Waals surface area contributed by atoms with E-state index < -0.39 is 0 Å². The summed E-state index contributed by atoms with van der Waals surface area (Å²) in [6.07, 6.45) is 5.67. The van der Waals surface area contributed by atoms with Gasteiger partial charge in [-0.05, 0) is 75.9 Å². The third-order valence-electron chi connectivity index (χ3n) is 8.04. The van der Waals surface area contributed by atoms with Crippen LogP contribution in [0.2, 0.25) is 0 Å². The quantitative estimate of drug-likeness (QED) is 0.512. The van der Waals surface area contributed by atoms with Crippen molar-refractivity contribution in [3.63, 3.8) is 0 Å². The molecule has 1 amide bonds. The van der Waals surface area contributed by atoms with Gasteiger partial charge in [0.25, 0.3) is 5.56 Å². The highest BCUT2D eigenvalue weighted by Crippen LogP contribution is 2.31. The molecule has 9 heteroatoms. The van der Waals surface area contributed by atoms with Crippen molar-refractivity contribution in [3.05, 3.63) is 51.9 Å². The van der Waals surface area contributed by atoms with Crippen LogP contribution in [0.1, 0.15) is 56.2 Å². The van der Waals surface area contributed by atoms with Crippen molar-refractivity contribution in [3.8, 4) is 0 Å². The maximum absolute atomic E-state index is 13.2. The van der Waals surface area contributed by atoms with Crippen LogP contribution in [0.5, 0.6) is 0 Å². The van der Waals surface area contributed by atoms with Crippen LogP contribution < -0.4 is 21.1 Å². The first-order valence-electron chi connectivity index (χ1n) is 13.8. The first-order chi connectivity index (χ1) is 18.3. The molecule has 0 bridgehead atoms. The van der Waals surface area contributed by atoms with Crippen LogP contribution in [-0.2, 0) is 4.79 Å². The first-order valence-corrected chi connectivity index (χ1v) is 13.8. The molecule has 1 aliphatic heterocycles. The van der Waals surface area contributed by atoms with Gasteiger partial charge >= 0.3 is 0 Å². The number of benzene rings is 1. The lowest BCUT2D eigenvalue weighted by molar-refractivity contribution is -0.121. The number of rotatable bonds is 6. The third-order valence-corrected chi connectivity index (χ3v) is 8.04. The van der Waals surface area contributed by atoms with Gasteiger partial charge in [0.05, 0.1) is 0 Å². The second kappa shape index (κ2) is 11.1. The van der Waals surface area contributed by atoms with Crippen molar-refractivity contribution < 1.29 is 4.79 Å². The van der Waals surface area contributed by atoms with Crippen molar-refractivity contribution in [1.82, 2.24) is 24.8 Å². The molecular formula is C29H39N7O2. The number of carbonyl (C=O) groups excluding carboxylic acids is 1. The molecular weight excluding hydrogens is 478 g/mol. The van der Waals surface area contributed by atoms with Crippen LogP contribution in [0.3, 0.4) is 0 Å². The number of amides is 1. The normalized spacial score (nSPS) is 20.5. The van der Waals surface area contributed by atoms with E-state index in [9.17, 15) is 9.59 Å². The Morgan fingerprint density at radius 1 is 1.03 bits per heavy atom. The van der Waals surface area contributed by atoms with Crippen LogP contribution in [0.25, 0.3) is 11.0 Å². The number of nitrogens with zero attached hydrogens (tertiary/aromatic N) is 5. The molecule has 2 aromatic heterocycles. The van der Waals surface area contributed by atoms with Crippen molar-refractivity contribution in [1.29, 1.82) is 0 Å². The number of likely N-dealkylation sites (N-methyl/N-ethyl adjacent to an activating group) is 1. The second-order valence-corrected chi connectivity index (χ2v) is 10.8. The molecule has 2 fully saturated rings. The minimum Gasteiger partial charge on any atom is -0.369 e. The number of fused-ring (bicyclic) bond motifs is 1. The second-order valence-electron chi connectivity index (χ2n) is 10.8. The number of nitrogens with one attached hydrogen (secondary N) is 2. The number of aromatic nitrogens is 3. The number of piperazine rings is 1. The van der Waals surface area contributed by atoms with Gasteiger partial charge in [-0.3, -0.25) is 14.2 Å². The summed E-state index contributed by atoms with van der Waals surface area (Å²) in [6, 6.07) is 8.28. The van der Waals surface area contributed by atoms with Gasteiger partial charge in [0.15, 0.2) is 0 Å². The molecule has 1 aliphatic carbocycles. The fraction of sp³-hybridized carbons (Fsp3) is 0.517. The Morgan fingerprint density at radius 2 is 1.76 bits per heavy atom. The molecule has 0 unspecified atom stereocenters. The van der Waals surface area contributed by atoms with Gasteiger partial charge < -0.3 is 20.4 Å². The van der Waals surface area contributed by atoms with Crippen LogP contribution in [-0.4, -0.2) is 64.6 Å². The molecule has 0 radical (unpaired) electrons. The number of hydrogen-bond donors (Lipinski definition) is 2. The average molecular weight is 518 g/mol. The molecule has 2 N–H and O–H groups in total.